The molecule has 2 rings (SSSR count). The van der Waals surface area contributed by atoms with Crippen molar-refractivity contribution in [3.63, 3.8) is 0 Å². The van der Waals surface area contributed by atoms with E-state index in [1.807, 2.05) is 24.3 Å². The van der Waals surface area contributed by atoms with Crippen LogP contribution in [-0.4, -0.2) is 37.3 Å². The second kappa shape index (κ2) is 7.44. The van der Waals surface area contributed by atoms with E-state index in [0.29, 0.717) is 24.8 Å². The Morgan fingerprint density at radius 2 is 2.00 bits per heavy atom. The van der Waals surface area contributed by atoms with Crippen molar-refractivity contribution in [3.05, 3.63) is 40.7 Å². The minimum atomic E-state index is -0.190. The molecule has 0 unspecified atom stereocenters. The lowest BCUT2D eigenvalue weighted by Gasteiger charge is -2.07. The predicted octanol–water partition coefficient (Wildman–Crippen LogP) is 1.89. The molecule has 0 amide bonds. The van der Waals surface area contributed by atoms with E-state index in [1.54, 1.807) is 14.2 Å². The van der Waals surface area contributed by atoms with Gasteiger partial charge in [-0.2, -0.15) is 0 Å². The number of nitrogens with one attached hydrogen (secondary N) is 2. The van der Waals surface area contributed by atoms with E-state index in [4.69, 9.17) is 9.47 Å². The van der Waals surface area contributed by atoms with E-state index in [9.17, 15) is 4.79 Å². The molecule has 0 spiro atoms. The number of anilines is 1. The van der Waals surface area contributed by atoms with E-state index in [-0.39, 0.29) is 5.56 Å². The number of benzene rings is 1. The van der Waals surface area contributed by atoms with E-state index in [2.05, 4.69) is 15.3 Å². The third-order valence-corrected chi connectivity index (χ3v) is 2.95. The van der Waals surface area contributed by atoms with Crippen molar-refractivity contribution in [1.82, 2.24) is 9.97 Å². The number of rotatable bonds is 7. The average Bonchev–Trinajstić information content (AvgIpc) is 2.51. The molecule has 0 atom stereocenters. The lowest BCUT2D eigenvalue weighted by atomic mass is 10.1. The Kier molecular flexibility index (Phi) is 5.34. The predicted molar refractivity (Wildman–Crippen MR) is 81.8 cm³/mol. The van der Waals surface area contributed by atoms with E-state index in [1.165, 1.54) is 6.07 Å². The molecule has 1 aromatic carbocycles. The van der Waals surface area contributed by atoms with Crippen LogP contribution in [0, 0.1) is 0 Å². The molecule has 0 radical (unpaired) electrons. The number of H-pyrrole nitrogens is 1. The summed E-state index contributed by atoms with van der Waals surface area (Å²) in [6.45, 7) is 1.35. The highest BCUT2D eigenvalue weighted by molar-refractivity contribution is 5.60. The standard InChI is InChI=1S/C15H19N3O3/c1-20-9-3-8-16-15-17-13(10-14(19)18-15)11-4-6-12(21-2)7-5-11/h4-7,10H,3,8-9H2,1-2H3,(H2,16,17,18,19). The number of nitrogens with zero attached hydrogens (tertiary/aromatic N) is 1. The van der Waals surface area contributed by atoms with Crippen LogP contribution in [0.4, 0.5) is 5.95 Å². The zero-order valence-electron chi connectivity index (χ0n) is 12.2. The summed E-state index contributed by atoms with van der Waals surface area (Å²) in [5.74, 6) is 1.23. The van der Waals surface area contributed by atoms with Gasteiger partial charge >= 0.3 is 0 Å². The van der Waals surface area contributed by atoms with Crippen molar-refractivity contribution in [3.8, 4) is 17.0 Å². The topological polar surface area (TPSA) is 76.2 Å². The third kappa shape index (κ3) is 4.32. The molecule has 0 saturated carbocycles. The second-order valence-corrected chi connectivity index (χ2v) is 4.48. The lowest BCUT2D eigenvalue weighted by molar-refractivity contribution is 0.197. The van der Waals surface area contributed by atoms with E-state index < -0.39 is 0 Å². The third-order valence-electron chi connectivity index (χ3n) is 2.95. The average molecular weight is 289 g/mol. The van der Waals surface area contributed by atoms with Gasteiger partial charge in [0.15, 0.2) is 0 Å². The number of hydrogen-bond acceptors (Lipinski definition) is 5. The molecule has 1 heterocycles. The molecule has 0 bridgehead atoms. The molecular formula is C15H19N3O3. The van der Waals surface area contributed by atoms with Crippen LogP contribution in [-0.2, 0) is 4.74 Å². The highest BCUT2D eigenvalue weighted by atomic mass is 16.5. The highest BCUT2D eigenvalue weighted by Crippen LogP contribution is 2.20. The first-order chi connectivity index (χ1) is 10.2. The summed E-state index contributed by atoms with van der Waals surface area (Å²) in [7, 11) is 3.27. The fourth-order valence-corrected chi connectivity index (χ4v) is 1.87. The Morgan fingerprint density at radius 1 is 1.24 bits per heavy atom. The number of ether oxygens (including phenoxy) is 2. The van der Waals surface area contributed by atoms with Crippen molar-refractivity contribution in [2.75, 3.05) is 32.7 Å². The maximum absolute atomic E-state index is 11.7. The van der Waals surface area contributed by atoms with Gasteiger partial charge in [-0.15, -0.1) is 0 Å². The Morgan fingerprint density at radius 3 is 2.67 bits per heavy atom. The number of aromatic amines is 1. The summed E-state index contributed by atoms with van der Waals surface area (Å²) < 4.78 is 10.1. The molecule has 112 valence electrons. The van der Waals surface area contributed by atoms with Gasteiger partial charge in [0.1, 0.15) is 5.75 Å². The van der Waals surface area contributed by atoms with Crippen LogP contribution in [0.1, 0.15) is 6.42 Å². The second-order valence-electron chi connectivity index (χ2n) is 4.48. The van der Waals surface area contributed by atoms with Crippen molar-refractivity contribution in [1.29, 1.82) is 0 Å². The number of hydrogen-bond donors (Lipinski definition) is 2. The molecule has 2 aromatic rings. The molecule has 21 heavy (non-hydrogen) atoms. The molecule has 0 aliphatic heterocycles. The van der Waals surface area contributed by atoms with Crippen LogP contribution in [0.15, 0.2) is 35.1 Å². The Hall–Kier alpha value is -2.34. The van der Waals surface area contributed by atoms with E-state index >= 15 is 0 Å². The van der Waals surface area contributed by atoms with Gasteiger partial charge in [-0.25, -0.2) is 4.98 Å². The molecule has 0 aliphatic rings. The smallest absolute Gasteiger partial charge is 0.252 e. The molecular weight excluding hydrogens is 270 g/mol. The summed E-state index contributed by atoms with van der Waals surface area (Å²) in [5, 5.41) is 3.08. The maximum Gasteiger partial charge on any atom is 0.252 e. The zero-order chi connectivity index (χ0) is 15.1. The van der Waals surface area contributed by atoms with Crippen molar-refractivity contribution in [2.24, 2.45) is 0 Å². The minimum Gasteiger partial charge on any atom is -0.497 e. The van der Waals surface area contributed by atoms with Crippen molar-refractivity contribution >= 4 is 5.95 Å². The fourth-order valence-electron chi connectivity index (χ4n) is 1.87. The quantitative estimate of drug-likeness (QED) is 0.761. The van der Waals surface area contributed by atoms with Gasteiger partial charge in [0.2, 0.25) is 5.95 Å². The van der Waals surface area contributed by atoms with Gasteiger partial charge in [0.25, 0.3) is 5.56 Å². The van der Waals surface area contributed by atoms with E-state index in [0.717, 1.165) is 17.7 Å². The highest BCUT2D eigenvalue weighted by Gasteiger charge is 2.04. The lowest BCUT2D eigenvalue weighted by Crippen LogP contribution is -2.14. The first-order valence-electron chi connectivity index (χ1n) is 6.71. The van der Waals surface area contributed by atoms with Crippen LogP contribution in [0.3, 0.4) is 0 Å². The molecule has 0 fully saturated rings. The number of methoxy groups -OCH3 is 2. The van der Waals surface area contributed by atoms with Gasteiger partial charge in [-0.3, -0.25) is 9.78 Å². The van der Waals surface area contributed by atoms with Crippen molar-refractivity contribution < 1.29 is 9.47 Å². The van der Waals surface area contributed by atoms with Gasteiger partial charge < -0.3 is 14.8 Å². The number of aromatic nitrogens is 2. The summed E-state index contributed by atoms with van der Waals surface area (Å²) in [5.41, 5.74) is 1.29. The minimum absolute atomic E-state index is 0.190. The van der Waals surface area contributed by atoms with Crippen LogP contribution in [0.5, 0.6) is 5.75 Å². The Labute approximate surface area is 123 Å². The summed E-state index contributed by atoms with van der Waals surface area (Å²) in [4.78, 5) is 18.8. The van der Waals surface area contributed by atoms with Gasteiger partial charge in [0.05, 0.1) is 12.8 Å². The largest absolute Gasteiger partial charge is 0.497 e. The molecule has 0 saturated heterocycles. The fraction of sp³-hybridized carbons (Fsp3) is 0.333. The van der Waals surface area contributed by atoms with Crippen LogP contribution < -0.4 is 15.6 Å². The molecule has 6 heteroatoms. The first kappa shape index (κ1) is 15.1. The summed E-state index contributed by atoms with van der Waals surface area (Å²) in [6.07, 6.45) is 0.840. The maximum atomic E-state index is 11.7. The van der Waals surface area contributed by atoms with Crippen LogP contribution in [0.25, 0.3) is 11.3 Å². The molecule has 6 nitrogen and oxygen atoms in total. The molecule has 0 aliphatic carbocycles. The SMILES string of the molecule is COCCCNc1nc(-c2ccc(OC)cc2)cc(=O)[nH]1. The molecule has 2 N–H and O–H groups in total. The first-order valence-corrected chi connectivity index (χ1v) is 6.71. The van der Waals surface area contributed by atoms with Gasteiger partial charge in [0, 0.05) is 31.9 Å². The summed E-state index contributed by atoms with van der Waals surface area (Å²) >= 11 is 0. The Balaban J connectivity index is 2.15. The normalized spacial score (nSPS) is 10.4. The monoisotopic (exact) mass is 289 g/mol. The van der Waals surface area contributed by atoms with Gasteiger partial charge in [-0.05, 0) is 30.7 Å². The van der Waals surface area contributed by atoms with Crippen LogP contribution >= 0.6 is 0 Å². The zero-order valence-corrected chi connectivity index (χ0v) is 12.2. The van der Waals surface area contributed by atoms with Gasteiger partial charge in [-0.1, -0.05) is 0 Å². The summed E-state index contributed by atoms with van der Waals surface area (Å²) in [6, 6.07) is 8.89. The van der Waals surface area contributed by atoms with Crippen LogP contribution in [0.2, 0.25) is 0 Å². The van der Waals surface area contributed by atoms with Crippen molar-refractivity contribution in [2.45, 2.75) is 6.42 Å². The molecule has 1 aromatic heterocycles. The Bertz CT molecular complexity index is 623.